The number of nitrogens with zero attached hydrogens (tertiary/aromatic N) is 1. The lowest BCUT2D eigenvalue weighted by Crippen LogP contribution is -2.38. The van der Waals surface area contributed by atoms with Crippen molar-refractivity contribution in [3.05, 3.63) is 30.1 Å². The van der Waals surface area contributed by atoms with E-state index >= 15 is 0 Å². The van der Waals surface area contributed by atoms with E-state index in [1.807, 2.05) is 0 Å². The van der Waals surface area contributed by atoms with Crippen LogP contribution in [0.1, 0.15) is 6.92 Å². The van der Waals surface area contributed by atoms with Crippen molar-refractivity contribution in [3.63, 3.8) is 0 Å². The maximum atomic E-state index is 12.7. The van der Waals surface area contributed by atoms with Gasteiger partial charge in [0.05, 0.1) is 5.25 Å². The van der Waals surface area contributed by atoms with E-state index in [9.17, 15) is 14.0 Å². The molecule has 0 saturated carbocycles. The number of thioether (sulfide) groups is 1. The minimum Gasteiger partial charge on any atom is -0.336 e. The van der Waals surface area contributed by atoms with Crippen LogP contribution in [0.15, 0.2) is 29.2 Å². The van der Waals surface area contributed by atoms with Crippen LogP contribution in [0.4, 0.5) is 9.18 Å². The summed E-state index contributed by atoms with van der Waals surface area (Å²) >= 11 is 1.31. The van der Waals surface area contributed by atoms with E-state index in [4.69, 9.17) is 0 Å². The molecule has 0 aliphatic carbocycles. The molecule has 18 heavy (non-hydrogen) atoms. The average Bonchev–Trinajstić information content (AvgIpc) is 2.77. The van der Waals surface area contributed by atoms with Crippen LogP contribution >= 0.6 is 11.8 Å². The van der Waals surface area contributed by atoms with Crippen LogP contribution in [0, 0.1) is 5.82 Å². The highest BCUT2D eigenvalue weighted by atomic mass is 32.2. The number of halogens is 1. The summed E-state index contributed by atoms with van der Waals surface area (Å²) in [4.78, 5) is 25.4. The number of hydrogen-bond donors (Lipinski definition) is 1. The number of imide groups is 1. The molecule has 1 unspecified atom stereocenters. The van der Waals surface area contributed by atoms with Crippen molar-refractivity contribution in [2.75, 3.05) is 13.1 Å². The molecule has 3 amide bonds. The lowest BCUT2D eigenvalue weighted by atomic mass is 10.3. The molecule has 1 atom stereocenters. The molecule has 1 fully saturated rings. The molecule has 1 aliphatic heterocycles. The van der Waals surface area contributed by atoms with Crippen molar-refractivity contribution >= 4 is 23.7 Å². The highest BCUT2D eigenvalue weighted by Crippen LogP contribution is 2.24. The van der Waals surface area contributed by atoms with Gasteiger partial charge in [-0.15, -0.1) is 11.8 Å². The summed E-state index contributed by atoms with van der Waals surface area (Å²) in [6.07, 6.45) is 0. The van der Waals surface area contributed by atoms with Gasteiger partial charge in [0, 0.05) is 18.0 Å². The second-order valence-electron chi connectivity index (χ2n) is 3.94. The van der Waals surface area contributed by atoms with Crippen LogP contribution in [0.2, 0.25) is 0 Å². The summed E-state index contributed by atoms with van der Waals surface area (Å²) in [6.45, 7) is 2.65. The summed E-state index contributed by atoms with van der Waals surface area (Å²) < 4.78 is 12.7. The van der Waals surface area contributed by atoms with Crippen LogP contribution in [-0.2, 0) is 4.79 Å². The Kier molecular flexibility index (Phi) is 3.86. The fourth-order valence-electron chi connectivity index (χ4n) is 1.67. The van der Waals surface area contributed by atoms with Crippen LogP contribution < -0.4 is 5.32 Å². The van der Waals surface area contributed by atoms with Gasteiger partial charge in [-0.25, -0.2) is 9.18 Å². The zero-order valence-corrected chi connectivity index (χ0v) is 10.7. The number of carbonyl (C=O) groups excluding carboxylic acids is 2. The predicted molar refractivity (Wildman–Crippen MR) is 66.8 cm³/mol. The Labute approximate surface area is 109 Å². The first kappa shape index (κ1) is 12.9. The Hall–Kier alpha value is -1.56. The largest absolute Gasteiger partial charge is 0.336 e. The van der Waals surface area contributed by atoms with Crippen molar-refractivity contribution in [3.8, 4) is 0 Å². The van der Waals surface area contributed by atoms with E-state index in [1.165, 1.54) is 28.8 Å². The molecule has 6 heteroatoms. The van der Waals surface area contributed by atoms with Crippen LogP contribution in [-0.4, -0.2) is 35.2 Å². The minimum absolute atomic E-state index is 0.223. The van der Waals surface area contributed by atoms with Gasteiger partial charge in [0.15, 0.2) is 0 Å². The summed E-state index contributed by atoms with van der Waals surface area (Å²) in [5, 5.41) is 2.21. The van der Waals surface area contributed by atoms with E-state index < -0.39 is 0 Å². The summed E-state index contributed by atoms with van der Waals surface area (Å²) in [6, 6.07) is 5.60. The van der Waals surface area contributed by atoms with Crippen molar-refractivity contribution in [1.29, 1.82) is 0 Å². The third-order valence-corrected chi connectivity index (χ3v) is 3.70. The Morgan fingerprint density at radius 1 is 1.44 bits per heavy atom. The molecule has 1 aliphatic rings. The normalized spacial score (nSPS) is 16.6. The fraction of sp³-hybridized carbons (Fsp3) is 0.333. The van der Waals surface area contributed by atoms with E-state index in [2.05, 4.69) is 5.32 Å². The number of benzene rings is 1. The van der Waals surface area contributed by atoms with E-state index in [1.54, 1.807) is 19.1 Å². The van der Waals surface area contributed by atoms with Gasteiger partial charge in [-0.3, -0.25) is 9.69 Å². The van der Waals surface area contributed by atoms with Crippen LogP contribution in [0.5, 0.6) is 0 Å². The molecule has 0 spiro atoms. The van der Waals surface area contributed by atoms with Crippen molar-refractivity contribution < 1.29 is 14.0 Å². The Bertz CT molecular complexity index is 464. The van der Waals surface area contributed by atoms with Crippen LogP contribution in [0.3, 0.4) is 0 Å². The monoisotopic (exact) mass is 268 g/mol. The Morgan fingerprint density at radius 2 is 2.11 bits per heavy atom. The SMILES string of the molecule is CC(Sc1ccc(F)cc1)C(=O)N1CCNC1=O. The zero-order chi connectivity index (χ0) is 13.1. The summed E-state index contributed by atoms with van der Waals surface area (Å²) in [5.74, 6) is -0.531. The third kappa shape index (κ3) is 2.81. The van der Waals surface area contributed by atoms with Gasteiger partial charge in [-0.2, -0.15) is 0 Å². The van der Waals surface area contributed by atoms with Gasteiger partial charge in [0.2, 0.25) is 5.91 Å². The number of hydrogen-bond acceptors (Lipinski definition) is 3. The molecule has 1 aromatic carbocycles. The van der Waals surface area contributed by atoms with Gasteiger partial charge in [-0.05, 0) is 31.2 Å². The van der Waals surface area contributed by atoms with E-state index in [0.717, 1.165) is 4.90 Å². The molecular weight excluding hydrogens is 255 g/mol. The highest BCUT2D eigenvalue weighted by molar-refractivity contribution is 8.00. The summed E-state index contributed by atoms with van der Waals surface area (Å²) in [7, 11) is 0. The van der Waals surface area contributed by atoms with E-state index in [-0.39, 0.29) is 23.0 Å². The molecule has 0 radical (unpaired) electrons. The number of amides is 3. The highest BCUT2D eigenvalue weighted by Gasteiger charge is 2.29. The second-order valence-corrected chi connectivity index (χ2v) is 5.35. The summed E-state index contributed by atoms with van der Waals surface area (Å²) in [5.41, 5.74) is 0. The van der Waals surface area contributed by atoms with Gasteiger partial charge < -0.3 is 5.32 Å². The number of carbonyl (C=O) groups is 2. The van der Waals surface area contributed by atoms with Gasteiger partial charge in [0.25, 0.3) is 0 Å². The van der Waals surface area contributed by atoms with Gasteiger partial charge in [-0.1, -0.05) is 0 Å². The molecule has 1 heterocycles. The number of rotatable bonds is 3. The third-order valence-electron chi connectivity index (χ3n) is 2.60. The van der Waals surface area contributed by atoms with Crippen molar-refractivity contribution in [1.82, 2.24) is 10.2 Å². The minimum atomic E-state index is -0.376. The topological polar surface area (TPSA) is 49.4 Å². The van der Waals surface area contributed by atoms with Gasteiger partial charge in [0.1, 0.15) is 5.82 Å². The fourth-order valence-corrected chi connectivity index (χ4v) is 2.60. The second kappa shape index (κ2) is 5.39. The number of urea groups is 1. The Morgan fingerprint density at radius 3 is 2.67 bits per heavy atom. The predicted octanol–water partition coefficient (Wildman–Crippen LogP) is 1.86. The molecule has 2 rings (SSSR count). The van der Waals surface area contributed by atoms with Crippen molar-refractivity contribution in [2.45, 2.75) is 17.1 Å². The molecular formula is C12H13FN2O2S. The maximum Gasteiger partial charge on any atom is 0.324 e. The lowest BCUT2D eigenvalue weighted by Gasteiger charge is -2.17. The molecule has 0 aromatic heterocycles. The standard InChI is InChI=1S/C12H13FN2O2S/c1-8(11(16)15-7-6-14-12(15)17)18-10-4-2-9(13)3-5-10/h2-5,8H,6-7H2,1H3,(H,14,17). The molecule has 4 nitrogen and oxygen atoms in total. The molecule has 96 valence electrons. The lowest BCUT2D eigenvalue weighted by molar-refractivity contribution is -0.126. The molecule has 1 N–H and O–H groups in total. The number of nitrogens with one attached hydrogen (secondary N) is 1. The smallest absolute Gasteiger partial charge is 0.324 e. The molecule has 1 saturated heterocycles. The van der Waals surface area contributed by atoms with Crippen LogP contribution in [0.25, 0.3) is 0 Å². The molecule has 1 aromatic rings. The van der Waals surface area contributed by atoms with Crippen molar-refractivity contribution in [2.24, 2.45) is 0 Å². The first-order valence-corrected chi connectivity index (χ1v) is 6.47. The Balaban J connectivity index is 1.99. The zero-order valence-electron chi connectivity index (χ0n) is 9.85. The quantitative estimate of drug-likeness (QED) is 0.851. The van der Waals surface area contributed by atoms with Gasteiger partial charge >= 0.3 is 6.03 Å². The first-order chi connectivity index (χ1) is 8.58. The molecule has 0 bridgehead atoms. The first-order valence-electron chi connectivity index (χ1n) is 5.59. The average molecular weight is 268 g/mol. The van der Waals surface area contributed by atoms with E-state index in [0.29, 0.717) is 13.1 Å². The maximum absolute atomic E-state index is 12.7.